The standard InChI is InChI=1S/C15H15BrN4O/c16-13-9-20-7-6-17-15(20)14(19-13)18-12(10-21)8-11-4-2-1-3-5-11/h1-7,9,12,21H,8,10H2,(H,18,19). The lowest BCUT2D eigenvalue weighted by Gasteiger charge is -2.17. The van der Waals surface area contributed by atoms with Gasteiger partial charge in [0.1, 0.15) is 4.60 Å². The molecule has 0 radical (unpaired) electrons. The fraction of sp³-hybridized carbons (Fsp3) is 0.200. The first-order chi connectivity index (χ1) is 10.3. The molecule has 1 unspecified atom stereocenters. The Labute approximate surface area is 130 Å². The summed E-state index contributed by atoms with van der Waals surface area (Å²) in [5, 5.41) is 12.9. The molecule has 3 aromatic rings. The predicted octanol–water partition coefficient (Wildman–Crippen LogP) is 2.51. The number of aromatic nitrogens is 3. The Morgan fingerprint density at radius 2 is 2.10 bits per heavy atom. The van der Waals surface area contributed by atoms with Crippen LogP contribution in [-0.4, -0.2) is 32.1 Å². The van der Waals surface area contributed by atoms with E-state index in [1.165, 1.54) is 5.56 Å². The van der Waals surface area contributed by atoms with Gasteiger partial charge in [0.2, 0.25) is 0 Å². The molecule has 2 heterocycles. The van der Waals surface area contributed by atoms with E-state index in [1.54, 1.807) is 6.20 Å². The van der Waals surface area contributed by atoms with Crippen molar-refractivity contribution in [1.29, 1.82) is 0 Å². The molecular formula is C15H15BrN4O. The van der Waals surface area contributed by atoms with E-state index in [9.17, 15) is 5.11 Å². The number of halogens is 1. The molecule has 108 valence electrons. The van der Waals surface area contributed by atoms with Crippen LogP contribution in [0.25, 0.3) is 5.65 Å². The number of hydrogen-bond acceptors (Lipinski definition) is 4. The van der Waals surface area contributed by atoms with Crippen LogP contribution < -0.4 is 5.32 Å². The van der Waals surface area contributed by atoms with E-state index in [-0.39, 0.29) is 12.6 Å². The van der Waals surface area contributed by atoms with Gasteiger partial charge in [0, 0.05) is 18.6 Å². The molecular weight excluding hydrogens is 332 g/mol. The van der Waals surface area contributed by atoms with E-state index in [0.717, 1.165) is 12.1 Å². The van der Waals surface area contributed by atoms with E-state index in [4.69, 9.17) is 0 Å². The van der Waals surface area contributed by atoms with Gasteiger partial charge in [-0.15, -0.1) is 0 Å². The molecule has 5 nitrogen and oxygen atoms in total. The van der Waals surface area contributed by atoms with Gasteiger partial charge in [0.25, 0.3) is 0 Å². The zero-order valence-corrected chi connectivity index (χ0v) is 12.9. The normalized spacial score (nSPS) is 12.5. The van der Waals surface area contributed by atoms with Crippen LogP contribution in [-0.2, 0) is 6.42 Å². The second-order valence-electron chi connectivity index (χ2n) is 4.78. The Morgan fingerprint density at radius 1 is 1.29 bits per heavy atom. The van der Waals surface area contributed by atoms with Crippen molar-refractivity contribution in [2.24, 2.45) is 0 Å². The van der Waals surface area contributed by atoms with Crippen molar-refractivity contribution >= 4 is 27.4 Å². The molecule has 1 atom stereocenters. The maximum absolute atomic E-state index is 9.61. The van der Waals surface area contributed by atoms with Gasteiger partial charge in [-0.1, -0.05) is 30.3 Å². The van der Waals surface area contributed by atoms with E-state index in [0.29, 0.717) is 10.4 Å². The molecule has 0 saturated heterocycles. The van der Waals surface area contributed by atoms with Gasteiger partial charge in [-0.25, -0.2) is 9.97 Å². The minimum atomic E-state index is -0.116. The Balaban J connectivity index is 1.84. The molecule has 0 amide bonds. The van der Waals surface area contributed by atoms with Gasteiger partial charge >= 0.3 is 0 Å². The van der Waals surface area contributed by atoms with Gasteiger partial charge < -0.3 is 14.8 Å². The number of imidazole rings is 1. The highest BCUT2D eigenvalue weighted by atomic mass is 79.9. The maximum Gasteiger partial charge on any atom is 0.180 e. The molecule has 21 heavy (non-hydrogen) atoms. The number of rotatable bonds is 5. The van der Waals surface area contributed by atoms with E-state index in [2.05, 4.69) is 31.2 Å². The van der Waals surface area contributed by atoms with Crippen molar-refractivity contribution in [3.8, 4) is 0 Å². The second-order valence-corrected chi connectivity index (χ2v) is 5.60. The molecule has 0 fully saturated rings. The van der Waals surface area contributed by atoms with Crippen LogP contribution in [0.3, 0.4) is 0 Å². The lowest BCUT2D eigenvalue weighted by atomic mass is 10.1. The number of fused-ring (bicyclic) bond motifs is 1. The van der Waals surface area contributed by atoms with Gasteiger partial charge in [0.05, 0.1) is 12.6 Å². The predicted molar refractivity (Wildman–Crippen MR) is 85.3 cm³/mol. The monoisotopic (exact) mass is 346 g/mol. The van der Waals surface area contributed by atoms with Crippen LogP contribution in [0, 0.1) is 0 Å². The number of nitrogens with zero attached hydrogens (tertiary/aromatic N) is 3. The third-order valence-electron chi connectivity index (χ3n) is 3.23. The van der Waals surface area contributed by atoms with Crippen LogP contribution in [0.2, 0.25) is 0 Å². The Morgan fingerprint density at radius 3 is 2.86 bits per heavy atom. The van der Waals surface area contributed by atoms with Gasteiger partial charge in [-0.2, -0.15) is 0 Å². The maximum atomic E-state index is 9.61. The topological polar surface area (TPSA) is 62.5 Å². The van der Waals surface area contributed by atoms with E-state index >= 15 is 0 Å². The summed E-state index contributed by atoms with van der Waals surface area (Å²) in [4.78, 5) is 8.70. The van der Waals surface area contributed by atoms with Crippen LogP contribution >= 0.6 is 15.9 Å². The third-order valence-corrected chi connectivity index (χ3v) is 3.61. The molecule has 0 aliphatic carbocycles. The quantitative estimate of drug-likeness (QED) is 0.745. The molecule has 6 heteroatoms. The zero-order valence-electron chi connectivity index (χ0n) is 11.3. The van der Waals surface area contributed by atoms with Crippen molar-refractivity contribution < 1.29 is 5.11 Å². The van der Waals surface area contributed by atoms with Gasteiger partial charge in [-0.05, 0) is 27.9 Å². The minimum Gasteiger partial charge on any atom is -0.394 e. The first kappa shape index (κ1) is 14.0. The van der Waals surface area contributed by atoms with Crippen molar-refractivity contribution in [1.82, 2.24) is 14.4 Å². The number of hydrogen-bond donors (Lipinski definition) is 2. The summed E-state index contributed by atoms with van der Waals surface area (Å²) in [7, 11) is 0. The number of nitrogens with one attached hydrogen (secondary N) is 1. The van der Waals surface area contributed by atoms with Crippen molar-refractivity contribution in [2.45, 2.75) is 12.5 Å². The molecule has 0 aliphatic heterocycles. The number of benzene rings is 1. The van der Waals surface area contributed by atoms with Crippen molar-refractivity contribution in [3.05, 3.63) is 59.1 Å². The molecule has 3 rings (SSSR count). The molecule has 0 aliphatic rings. The van der Waals surface area contributed by atoms with Crippen molar-refractivity contribution in [3.63, 3.8) is 0 Å². The summed E-state index contributed by atoms with van der Waals surface area (Å²) in [5.74, 6) is 0.657. The van der Waals surface area contributed by atoms with Gasteiger partial charge in [-0.3, -0.25) is 0 Å². The summed E-state index contributed by atoms with van der Waals surface area (Å²) in [5.41, 5.74) is 1.91. The smallest absolute Gasteiger partial charge is 0.180 e. The summed E-state index contributed by atoms with van der Waals surface area (Å²) in [6, 6.07) is 9.94. The zero-order chi connectivity index (χ0) is 14.7. The molecule has 2 N–H and O–H groups in total. The molecule has 1 aromatic carbocycles. The Bertz CT molecular complexity index is 729. The highest BCUT2D eigenvalue weighted by molar-refractivity contribution is 9.10. The SMILES string of the molecule is OCC(Cc1ccccc1)Nc1nc(Br)cn2ccnc12. The van der Waals surface area contributed by atoms with Crippen LogP contribution in [0.1, 0.15) is 5.56 Å². The summed E-state index contributed by atoms with van der Waals surface area (Å²) in [6.45, 7) is 0.0238. The minimum absolute atomic E-state index is 0.0238. The molecule has 0 spiro atoms. The van der Waals surface area contributed by atoms with Gasteiger partial charge in [0.15, 0.2) is 11.5 Å². The second kappa shape index (κ2) is 6.24. The van der Waals surface area contributed by atoms with Crippen LogP contribution in [0.5, 0.6) is 0 Å². The average molecular weight is 347 g/mol. The molecule has 0 bridgehead atoms. The summed E-state index contributed by atoms with van der Waals surface area (Å²) in [6.07, 6.45) is 6.15. The lowest BCUT2D eigenvalue weighted by molar-refractivity contribution is 0.273. The highest BCUT2D eigenvalue weighted by Crippen LogP contribution is 2.18. The third kappa shape index (κ3) is 3.22. The lowest BCUT2D eigenvalue weighted by Crippen LogP contribution is -2.27. The van der Waals surface area contributed by atoms with E-state index < -0.39 is 0 Å². The number of aliphatic hydroxyl groups is 1. The fourth-order valence-corrected chi connectivity index (χ4v) is 2.65. The highest BCUT2D eigenvalue weighted by Gasteiger charge is 2.13. The largest absolute Gasteiger partial charge is 0.394 e. The number of anilines is 1. The molecule has 2 aromatic heterocycles. The average Bonchev–Trinajstić information content (AvgIpc) is 2.96. The van der Waals surface area contributed by atoms with Crippen molar-refractivity contribution in [2.75, 3.05) is 11.9 Å². The van der Waals surface area contributed by atoms with Crippen LogP contribution in [0.15, 0.2) is 53.5 Å². The Hall–Kier alpha value is -1.92. The van der Waals surface area contributed by atoms with Crippen LogP contribution in [0.4, 0.5) is 5.82 Å². The first-order valence-corrected chi connectivity index (χ1v) is 7.46. The fourth-order valence-electron chi connectivity index (χ4n) is 2.25. The summed E-state index contributed by atoms with van der Waals surface area (Å²) >= 11 is 3.38. The summed E-state index contributed by atoms with van der Waals surface area (Å²) < 4.78 is 2.60. The van der Waals surface area contributed by atoms with E-state index in [1.807, 2.05) is 47.1 Å². The Kier molecular flexibility index (Phi) is 4.17. The number of aliphatic hydroxyl groups excluding tert-OH is 1. The first-order valence-electron chi connectivity index (χ1n) is 6.67. The molecule has 0 saturated carbocycles.